The number of carbonyl (C=O) groups excluding carboxylic acids is 2. The molecule has 10 heteroatoms. The van der Waals surface area contributed by atoms with E-state index in [2.05, 4.69) is 4.99 Å². The van der Waals surface area contributed by atoms with E-state index in [9.17, 15) is 19.7 Å². The predicted octanol–water partition coefficient (Wildman–Crippen LogP) is 3.15. The SMILES string of the molecule is CCOC(=O)C1=C(Cl)N=C(C)N(C(=O)OC)C1c1ccccc1[N+](=O)[O-]. The fourth-order valence-corrected chi connectivity index (χ4v) is 2.91. The number of amidine groups is 1. The van der Waals surface area contributed by atoms with Crippen molar-refractivity contribution in [1.29, 1.82) is 0 Å². The Hall–Kier alpha value is -2.94. The number of nitro benzene ring substituents is 1. The molecular formula is C16H16ClN3O6. The van der Waals surface area contributed by atoms with Crippen LogP contribution in [0.5, 0.6) is 0 Å². The fourth-order valence-electron chi connectivity index (χ4n) is 2.61. The number of nitrogens with zero attached hydrogens (tertiary/aromatic N) is 3. The number of aliphatic imine (C=N–C) groups is 1. The van der Waals surface area contributed by atoms with Gasteiger partial charge in [0.1, 0.15) is 22.6 Å². The Morgan fingerprint density at radius 3 is 2.62 bits per heavy atom. The number of para-hydroxylation sites is 1. The zero-order valence-electron chi connectivity index (χ0n) is 14.3. The highest BCUT2D eigenvalue weighted by molar-refractivity contribution is 6.32. The van der Waals surface area contributed by atoms with E-state index in [-0.39, 0.29) is 34.4 Å². The Balaban J connectivity index is 2.76. The van der Waals surface area contributed by atoms with Gasteiger partial charge in [0.25, 0.3) is 5.69 Å². The molecule has 0 bridgehead atoms. The molecule has 1 aliphatic heterocycles. The van der Waals surface area contributed by atoms with Crippen LogP contribution in [0.1, 0.15) is 25.5 Å². The van der Waals surface area contributed by atoms with Crippen molar-refractivity contribution in [3.05, 3.63) is 50.7 Å². The maximum absolute atomic E-state index is 12.5. The van der Waals surface area contributed by atoms with Crippen molar-refractivity contribution < 1.29 is 24.0 Å². The number of nitro groups is 1. The first-order chi connectivity index (χ1) is 12.3. The van der Waals surface area contributed by atoms with Gasteiger partial charge in [0.05, 0.1) is 24.2 Å². The minimum atomic E-state index is -1.21. The summed E-state index contributed by atoms with van der Waals surface area (Å²) >= 11 is 6.14. The number of halogens is 1. The second-order valence-corrected chi connectivity index (χ2v) is 5.50. The molecule has 1 amide bonds. The summed E-state index contributed by atoms with van der Waals surface area (Å²) in [7, 11) is 1.15. The molecule has 0 radical (unpaired) electrons. The van der Waals surface area contributed by atoms with Gasteiger partial charge in [-0.15, -0.1) is 0 Å². The van der Waals surface area contributed by atoms with Crippen LogP contribution in [0.3, 0.4) is 0 Å². The van der Waals surface area contributed by atoms with E-state index in [4.69, 9.17) is 21.1 Å². The van der Waals surface area contributed by atoms with Crippen molar-refractivity contribution in [2.45, 2.75) is 19.9 Å². The molecule has 138 valence electrons. The zero-order valence-corrected chi connectivity index (χ0v) is 15.0. The first kappa shape index (κ1) is 19.4. The van der Waals surface area contributed by atoms with Crippen molar-refractivity contribution in [3.63, 3.8) is 0 Å². The average molecular weight is 382 g/mol. The Morgan fingerprint density at radius 2 is 2.04 bits per heavy atom. The number of hydrogen-bond acceptors (Lipinski definition) is 7. The van der Waals surface area contributed by atoms with E-state index in [1.807, 2.05) is 0 Å². The fraction of sp³-hybridized carbons (Fsp3) is 0.312. The number of rotatable bonds is 4. The molecule has 1 aromatic rings. The van der Waals surface area contributed by atoms with Crippen LogP contribution in [0.25, 0.3) is 0 Å². The first-order valence-corrected chi connectivity index (χ1v) is 7.93. The lowest BCUT2D eigenvalue weighted by Crippen LogP contribution is -2.43. The minimum absolute atomic E-state index is 0.0526. The highest BCUT2D eigenvalue weighted by Crippen LogP contribution is 2.40. The second kappa shape index (κ2) is 7.96. The molecule has 0 spiro atoms. The zero-order chi connectivity index (χ0) is 19.4. The van der Waals surface area contributed by atoms with Crippen LogP contribution < -0.4 is 0 Å². The number of methoxy groups -OCH3 is 1. The van der Waals surface area contributed by atoms with E-state index in [1.54, 1.807) is 13.0 Å². The predicted molar refractivity (Wildman–Crippen MR) is 92.7 cm³/mol. The van der Waals surface area contributed by atoms with E-state index in [0.29, 0.717) is 0 Å². The van der Waals surface area contributed by atoms with Gasteiger partial charge in [-0.05, 0) is 19.9 Å². The third-order valence-corrected chi connectivity index (χ3v) is 3.95. The third kappa shape index (κ3) is 3.52. The molecule has 1 heterocycles. The third-order valence-electron chi connectivity index (χ3n) is 3.66. The molecule has 0 N–H and O–H groups in total. The number of hydrogen-bond donors (Lipinski definition) is 0. The van der Waals surface area contributed by atoms with Crippen LogP contribution in [0.15, 0.2) is 40.0 Å². The molecule has 9 nitrogen and oxygen atoms in total. The number of esters is 1. The molecule has 0 saturated heterocycles. The van der Waals surface area contributed by atoms with Crippen LogP contribution in [-0.2, 0) is 14.3 Å². The highest BCUT2D eigenvalue weighted by Gasteiger charge is 2.42. The molecule has 26 heavy (non-hydrogen) atoms. The Labute approximate surface area is 154 Å². The average Bonchev–Trinajstić information content (AvgIpc) is 2.60. The molecule has 0 fully saturated rings. The first-order valence-electron chi connectivity index (χ1n) is 7.56. The Morgan fingerprint density at radius 1 is 1.38 bits per heavy atom. The van der Waals surface area contributed by atoms with Crippen LogP contribution in [-0.4, -0.2) is 41.4 Å². The summed E-state index contributed by atoms with van der Waals surface area (Å²) in [6.07, 6.45) is -0.847. The summed E-state index contributed by atoms with van der Waals surface area (Å²) in [6.45, 7) is 3.13. The lowest BCUT2D eigenvalue weighted by molar-refractivity contribution is -0.385. The van der Waals surface area contributed by atoms with Gasteiger partial charge in [-0.1, -0.05) is 23.7 Å². The molecular weight excluding hydrogens is 366 g/mol. The molecule has 2 rings (SSSR count). The van der Waals surface area contributed by atoms with Gasteiger partial charge >= 0.3 is 12.1 Å². The molecule has 1 unspecified atom stereocenters. The van der Waals surface area contributed by atoms with Crippen molar-refractivity contribution in [3.8, 4) is 0 Å². The van der Waals surface area contributed by atoms with Gasteiger partial charge in [-0.25, -0.2) is 14.6 Å². The summed E-state index contributed by atoms with van der Waals surface area (Å²) in [4.78, 5) is 40.6. The van der Waals surface area contributed by atoms with Crippen molar-refractivity contribution in [1.82, 2.24) is 4.90 Å². The Bertz CT molecular complexity index is 820. The quantitative estimate of drug-likeness (QED) is 0.343. The summed E-state index contributed by atoms with van der Waals surface area (Å²) in [5.41, 5.74) is -0.385. The minimum Gasteiger partial charge on any atom is -0.462 e. The van der Waals surface area contributed by atoms with Crippen LogP contribution in [0.4, 0.5) is 10.5 Å². The van der Waals surface area contributed by atoms with E-state index < -0.39 is 23.0 Å². The standard InChI is InChI=1S/C16H16ClN3O6/c1-4-26-15(21)12-13(10-7-5-6-8-11(10)20(23)24)19(16(22)25-3)9(2)18-14(12)17/h5-8,13H,4H2,1-3H3. The van der Waals surface area contributed by atoms with Gasteiger partial charge in [-0.2, -0.15) is 0 Å². The molecule has 1 aromatic carbocycles. The molecule has 0 aliphatic carbocycles. The lowest BCUT2D eigenvalue weighted by Gasteiger charge is -2.34. The smallest absolute Gasteiger partial charge is 0.415 e. The van der Waals surface area contributed by atoms with Crippen molar-refractivity contribution >= 4 is 35.2 Å². The van der Waals surface area contributed by atoms with Crippen LogP contribution >= 0.6 is 11.6 Å². The summed E-state index contributed by atoms with van der Waals surface area (Å²) in [6, 6.07) is 4.51. The number of benzene rings is 1. The van der Waals surface area contributed by atoms with Gasteiger partial charge in [-0.3, -0.25) is 15.0 Å². The van der Waals surface area contributed by atoms with Crippen molar-refractivity contribution in [2.24, 2.45) is 4.99 Å². The highest BCUT2D eigenvalue weighted by atomic mass is 35.5. The second-order valence-electron chi connectivity index (χ2n) is 5.14. The summed E-state index contributed by atoms with van der Waals surface area (Å²) < 4.78 is 9.76. The van der Waals surface area contributed by atoms with Gasteiger partial charge in [0.15, 0.2) is 0 Å². The summed E-state index contributed by atoms with van der Waals surface area (Å²) in [5, 5.41) is 11.2. The molecule has 0 saturated carbocycles. The Kier molecular flexibility index (Phi) is 5.93. The van der Waals surface area contributed by atoms with Crippen molar-refractivity contribution in [2.75, 3.05) is 13.7 Å². The normalized spacial score (nSPS) is 16.8. The number of amides is 1. The van der Waals surface area contributed by atoms with E-state index in [1.165, 1.54) is 25.1 Å². The topological polar surface area (TPSA) is 111 Å². The van der Waals surface area contributed by atoms with Crippen LogP contribution in [0, 0.1) is 10.1 Å². The van der Waals surface area contributed by atoms with Gasteiger partial charge in [0, 0.05) is 6.07 Å². The molecule has 0 aromatic heterocycles. The summed E-state index contributed by atoms with van der Waals surface area (Å²) in [5.74, 6) is -0.705. The van der Waals surface area contributed by atoms with Gasteiger partial charge < -0.3 is 9.47 Å². The largest absolute Gasteiger partial charge is 0.462 e. The number of ether oxygens (including phenoxy) is 2. The lowest BCUT2D eigenvalue weighted by atomic mass is 9.95. The van der Waals surface area contributed by atoms with Gasteiger partial charge in [0.2, 0.25) is 0 Å². The monoisotopic (exact) mass is 381 g/mol. The van der Waals surface area contributed by atoms with E-state index in [0.717, 1.165) is 12.0 Å². The maximum atomic E-state index is 12.5. The van der Waals surface area contributed by atoms with E-state index >= 15 is 0 Å². The van der Waals surface area contributed by atoms with Crippen LogP contribution in [0.2, 0.25) is 0 Å². The molecule has 1 atom stereocenters. The number of carbonyl (C=O) groups is 2. The molecule has 1 aliphatic rings. The maximum Gasteiger partial charge on any atom is 0.415 e.